The van der Waals surface area contributed by atoms with Crippen molar-refractivity contribution in [1.29, 1.82) is 0 Å². The fourth-order valence-corrected chi connectivity index (χ4v) is 2.17. The summed E-state index contributed by atoms with van der Waals surface area (Å²) < 4.78 is 5.24. The third-order valence-corrected chi connectivity index (χ3v) is 3.31. The van der Waals surface area contributed by atoms with Crippen LogP contribution in [0.1, 0.15) is 5.56 Å². The van der Waals surface area contributed by atoms with Gasteiger partial charge in [-0.3, -0.25) is 9.69 Å². The first-order valence-corrected chi connectivity index (χ1v) is 6.52. The first-order valence-electron chi connectivity index (χ1n) is 6.52. The molecule has 2 rings (SSSR count). The molecule has 0 radical (unpaired) electrons. The molecular weight excluding hydrogens is 260 g/mol. The van der Waals surface area contributed by atoms with Crippen LogP contribution >= 0.6 is 0 Å². The summed E-state index contributed by atoms with van der Waals surface area (Å²) in [6.45, 7) is 1.18. The maximum absolute atomic E-state index is 12.0. The fourth-order valence-electron chi connectivity index (χ4n) is 2.17. The lowest BCUT2D eigenvalue weighted by atomic mass is 10.2. The van der Waals surface area contributed by atoms with E-state index in [1.165, 1.54) is 4.90 Å². The van der Waals surface area contributed by atoms with Crippen molar-refractivity contribution in [2.45, 2.75) is 12.6 Å². The third kappa shape index (κ3) is 3.48. The molecule has 0 saturated carbocycles. The molecule has 20 heavy (non-hydrogen) atoms. The lowest BCUT2D eigenvalue weighted by Crippen LogP contribution is -2.56. The summed E-state index contributed by atoms with van der Waals surface area (Å²) in [6.07, 6.45) is 0.272. The van der Waals surface area contributed by atoms with Crippen molar-refractivity contribution >= 4 is 12.5 Å². The Morgan fingerprint density at radius 3 is 2.75 bits per heavy atom. The van der Waals surface area contributed by atoms with Gasteiger partial charge in [0.2, 0.25) is 6.41 Å². The number of carbonyl (C=O) groups is 2. The van der Waals surface area contributed by atoms with E-state index < -0.39 is 12.1 Å². The first kappa shape index (κ1) is 14.3. The largest absolute Gasteiger partial charge is 0.445 e. The van der Waals surface area contributed by atoms with Crippen LogP contribution in [0.5, 0.6) is 0 Å². The van der Waals surface area contributed by atoms with Gasteiger partial charge >= 0.3 is 6.09 Å². The Bertz CT molecular complexity index is 452. The zero-order valence-electron chi connectivity index (χ0n) is 11.1. The molecule has 1 heterocycles. The van der Waals surface area contributed by atoms with E-state index >= 15 is 0 Å². The van der Waals surface area contributed by atoms with E-state index in [0.717, 1.165) is 12.0 Å². The predicted octanol–water partition coefficient (Wildman–Crippen LogP) is 0.458. The Kier molecular flexibility index (Phi) is 4.95. The molecule has 1 saturated heterocycles. The Morgan fingerprint density at radius 1 is 1.35 bits per heavy atom. The van der Waals surface area contributed by atoms with E-state index in [0.29, 0.717) is 19.6 Å². The smallest absolute Gasteiger partial charge is 0.410 e. The number of hydrogen-bond donors (Lipinski definition) is 1. The van der Waals surface area contributed by atoms with Crippen LogP contribution in [0, 0.1) is 0 Å². The van der Waals surface area contributed by atoms with Crippen LogP contribution in [0.2, 0.25) is 0 Å². The molecule has 1 aliphatic rings. The number of ether oxygens (including phenoxy) is 1. The summed E-state index contributed by atoms with van der Waals surface area (Å²) in [6, 6.07) is 9.00. The van der Waals surface area contributed by atoms with Gasteiger partial charge < -0.3 is 14.7 Å². The Morgan fingerprint density at radius 2 is 2.10 bits per heavy atom. The Labute approximate surface area is 117 Å². The highest BCUT2D eigenvalue weighted by Crippen LogP contribution is 2.11. The maximum Gasteiger partial charge on any atom is 0.410 e. The molecule has 1 fully saturated rings. The van der Waals surface area contributed by atoms with E-state index in [4.69, 9.17) is 4.74 Å². The predicted molar refractivity (Wildman–Crippen MR) is 71.8 cm³/mol. The molecular formula is C14H18N2O4. The van der Waals surface area contributed by atoms with Gasteiger partial charge in [0.1, 0.15) is 6.61 Å². The Balaban J connectivity index is 1.89. The van der Waals surface area contributed by atoms with Crippen LogP contribution < -0.4 is 0 Å². The molecule has 1 aromatic rings. The van der Waals surface area contributed by atoms with Crippen LogP contribution in [0.4, 0.5) is 4.79 Å². The second kappa shape index (κ2) is 6.91. The number of amides is 2. The van der Waals surface area contributed by atoms with Crippen LogP contribution in [0.15, 0.2) is 30.3 Å². The number of carbonyl (C=O) groups excluding carboxylic acids is 2. The zero-order chi connectivity index (χ0) is 14.4. The van der Waals surface area contributed by atoms with Crippen LogP contribution in [0.3, 0.4) is 0 Å². The SMILES string of the molecule is O=CN1CCN(C(=O)OCc2ccccc2)C(CO)C1. The summed E-state index contributed by atoms with van der Waals surface area (Å²) >= 11 is 0. The topological polar surface area (TPSA) is 70.1 Å². The van der Waals surface area contributed by atoms with Gasteiger partial charge in [-0.25, -0.2) is 4.79 Å². The molecule has 1 N–H and O–H groups in total. The van der Waals surface area contributed by atoms with Crippen molar-refractivity contribution in [3.8, 4) is 0 Å². The normalized spacial score (nSPS) is 18.8. The van der Waals surface area contributed by atoms with E-state index in [-0.39, 0.29) is 13.2 Å². The number of benzene rings is 1. The minimum Gasteiger partial charge on any atom is -0.445 e. The lowest BCUT2D eigenvalue weighted by molar-refractivity contribution is -0.121. The monoisotopic (exact) mass is 278 g/mol. The van der Waals surface area contributed by atoms with E-state index in [2.05, 4.69) is 0 Å². The van der Waals surface area contributed by atoms with Gasteiger partial charge in [-0.1, -0.05) is 30.3 Å². The van der Waals surface area contributed by atoms with Gasteiger partial charge in [-0.2, -0.15) is 0 Å². The standard InChI is InChI=1S/C14H18N2O4/c17-9-13-8-15(11-18)6-7-16(13)14(19)20-10-12-4-2-1-3-5-12/h1-5,11,13,17H,6-10H2. The highest BCUT2D eigenvalue weighted by atomic mass is 16.6. The number of hydrogen-bond acceptors (Lipinski definition) is 4. The molecule has 0 aromatic heterocycles. The second-order valence-corrected chi connectivity index (χ2v) is 4.67. The number of aliphatic hydroxyl groups is 1. The molecule has 6 heteroatoms. The second-order valence-electron chi connectivity index (χ2n) is 4.67. The number of piperazine rings is 1. The van der Waals surface area contributed by atoms with Gasteiger partial charge in [-0.05, 0) is 5.56 Å². The van der Waals surface area contributed by atoms with Crippen molar-refractivity contribution in [3.63, 3.8) is 0 Å². The van der Waals surface area contributed by atoms with Crippen molar-refractivity contribution in [2.24, 2.45) is 0 Å². The number of nitrogens with zero attached hydrogens (tertiary/aromatic N) is 2. The first-order chi connectivity index (χ1) is 9.74. The fraction of sp³-hybridized carbons (Fsp3) is 0.429. The molecule has 6 nitrogen and oxygen atoms in total. The highest BCUT2D eigenvalue weighted by Gasteiger charge is 2.30. The van der Waals surface area contributed by atoms with Crippen molar-refractivity contribution in [1.82, 2.24) is 9.80 Å². The summed E-state index contributed by atoms with van der Waals surface area (Å²) in [5, 5.41) is 9.32. The summed E-state index contributed by atoms with van der Waals surface area (Å²) in [5.41, 5.74) is 0.910. The zero-order valence-corrected chi connectivity index (χ0v) is 11.1. The van der Waals surface area contributed by atoms with Crippen LogP contribution in [-0.4, -0.2) is 59.7 Å². The van der Waals surface area contributed by atoms with E-state index in [1.54, 1.807) is 4.90 Å². The Hall–Kier alpha value is -2.08. The van der Waals surface area contributed by atoms with Crippen molar-refractivity contribution in [2.75, 3.05) is 26.2 Å². The molecule has 0 spiro atoms. The van der Waals surface area contributed by atoms with Crippen molar-refractivity contribution < 1.29 is 19.4 Å². The maximum atomic E-state index is 12.0. The molecule has 108 valence electrons. The van der Waals surface area contributed by atoms with Gasteiger partial charge in [0.05, 0.1) is 12.6 Å². The van der Waals surface area contributed by atoms with Gasteiger partial charge in [0.25, 0.3) is 0 Å². The van der Waals surface area contributed by atoms with Crippen LogP contribution in [-0.2, 0) is 16.1 Å². The number of aliphatic hydroxyl groups excluding tert-OH is 1. The minimum absolute atomic E-state index is 0.190. The molecule has 1 unspecified atom stereocenters. The average molecular weight is 278 g/mol. The van der Waals surface area contributed by atoms with Gasteiger partial charge in [-0.15, -0.1) is 0 Å². The minimum atomic E-state index is -0.460. The molecule has 1 atom stereocenters. The quantitative estimate of drug-likeness (QED) is 0.812. The third-order valence-electron chi connectivity index (χ3n) is 3.31. The molecule has 1 aliphatic heterocycles. The summed E-state index contributed by atoms with van der Waals surface area (Å²) in [5.74, 6) is 0. The lowest BCUT2D eigenvalue weighted by Gasteiger charge is -2.38. The number of rotatable bonds is 4. The van der Waals surface area contributed by atoms with Gasteiger partial charge in [0.15, 0.2) is 0 Å². The molecule has 2 amide bonds. The van der Waals surface area contributed by atoms with Gasteiger partial charge in [0, 0.05) is 19.6 Å². The summed E-state index contributed by atoms with van der Waals surface area (Å²) in [7, 11) is 0. The molecule has 0 aliphatic carbocycles. The van der Waals surface area contributed by atoms with E-state index in [9.17, 15) is 14.7 Å². The summed E-state index contributed by atoms with van der Waals surface area (Å²) in [4.78, 5) is 25.8. The van der Waals surface area contributed by atoms with E-state index in [1.807, 2.05) is 30.3 Å². The molecule has 0 bridgehead atoms. The van der Waals surface area contributed by atoms with Crippen LogP contribution in [0.25, 0.3) is 0 Å². The highest BCUT2D eigenvalue weighted by molar-refractivity contribution is 5.68. The molecule has 1 aromatic carbocycles. The average Bonchev–Trinajstić information content (AvgIpc) is 2.52. The van der Waals surface area contributed by atoms with Crippen molar-refractivity contribution in [3.05, 3.63) is 35.9 Å².